The van der Waals surface area contributed by atoms with E-state index in [9.17, 15) is 9.59 Å². The lowest BCUT2D eigenvalue weighted by atomic mass is 10.3. The molecule has 120 valence electrons. The van der Waals surface area contributed by atoms with Crippen LogP contribution in [0.1, 0.15) is 19.3 Å². The summed E-state index contributed by atoms with van der Waals surface area (Å²) < 4.78 is 5.53. The van der Waals surface area contributed by atoms with Crippen molar-refractivity contribution in [3.05, 3.63) is 24.3 Å². The van der Waals surface area contributed by atoms with Crippen LogP contribution in [0.5, 0.6) is 5.75 Å². The Balaban J connectivity index is 1.82. The van der Waals surface area contributed by atoms with Crippen LogP contribution >= 0.6 is 0 Å². The number of nitrogens with one attached hydrogen (secondary N) is 2. The SMILES string of the molecule is CNCCC(=O)Nc1cccc(OCC(=O)N2CCCC2)c1. The lowest BCUT2D eigenvalue weighted by molar-refractivity contribution is -0.132. The first-order valence-corrected chi connectivity index (χ1v) is 7.64. The highest BCUT2D eigenvalue weighted by Crippen LogP contribution is 2.18. The molecule has 1 aliphatic rings. The van der Waals surface area contributed by atoms with E-state index in [0.717, 1.165) is 25.9 Å². The van der Waals surface area contributed by atoms with Gasteiger partial charge in [0, 0.05) is 37.8 Å². The number of hydrogen-bond donors (Lipinski definition) is 2. The van der Waals surface area contributed by atoms with Gasteiger partial charge in [-0.25, -0.2) is 0 Å². The zero-order chi connectivity index (χ0) is 15.8. The third-order valence-corrected chi connectivity index (χ3v) is 3.54. The maximum atomic E-state index is 11.9. The Kier molecular flexibility index (Phi) is 6.21. The van der Waals surface area contributed by atoms with Gasteiger partial charge in [0.25, 0.3) is 5.91 Å². The molecular weight excluding hydrogens is 282 g/mol. The van der Waals surface area contributed by atoms with Gasteiger partial charge in [0.2, 0.25) is 5.91 Å². The van der Waals surface area contributed by atoms with Gasteiger partial charge in [-0.1, -0.05) is 6.07 Å². The number of hydrogen-bond acceptors (Lipinski definition) is 4. The summed E-state index contributed by atoms with van der Waals surface area (Å²) in [7, 11) is 1.80. The van der Waals surface area contributed by atoms with Gasteiger partial charge < -0.3 is 20.3 Å². The minimum Gasteiger partial charge on any atom is -0.484 e. The molecule has 0 bridgehead atoms. The number of likely N-dealkylation sites (tertiary alicyclic amines) is 1. The van der Waals surface area contributed by atoms with Crippen LogP contribution in [0.25, 0.3) is 0 Å². The summed E-state index contributed by atoms with van der Waals surface area (Å²) in [5, 5.41) is 5.73. The van der Waals surface area contributed by atoms with E-state index in [1.54, 1.807) is 31.3 Å². The van der Waals surface area contributed by atoms with Gasteiger partial charge in [-0.2, -0.15) is 0 Å². The Hall–Kier alpha value is -2.08. The maximum Gasteiger partial charge on any atom is 0.260 e. The Morgan fingerprint density at radius 3 is 2.77 bits per heavy atom. The molecule has 0 radical (unpaired) electrons. The minimum atomic E-state index is -0.0559. The summed E-state index contributed by atoms with van der Waals surface area (Å²) >= 11 is 0. The fourth-order valence-corrected chi connectivity index (χ4v) is 2.33. The predicted octanol–water partition coefficient (Wildman–Crippen LogP) is 1.24. The van der Waals surface area contributed by atoms with Crippen LogP contribution < -0.4 is 15.4 Å². The molecule has 0 atom stereocenters. The average Bonchev–Trinajstić information content (AvgIpc) is 3.05. The van der Waals surface area contributed by atoms with Crippen molar-refractivity contribution in [3.8, 4) is 5.75 Å². The molecule has 1 aliphatic heterocycles. The highest BCUT2D eigenvalue weighted by molar-refractivity contribution is 5.91. The largest absolute Gasteiger partial charge is 0.484 e. The summed E-state index contributed by atoms with van der Waals surface area (Å²) in [6, 6.07) is 7.10. The Bertz CT molecular complexity index is 513. The zero-order valence-corrected chi connectivity index (χ0v) is 12.9. The summed E-state index contributed by atoms with van der Waals surface area (Å²) in [5.74, 6) is 0.541. The van der Waals surface area contributed by atoms with Gasteiger partial charge in [-0.3, -0.25) is 9.59 Å². The van der Waals surface area contributed by atoms with Crippen molar-refractivity contribution in [2.75, 3.05) is 38.6 Å². The van der Waals surface area contributed by atoms with Gasteiger partial charge in [-0.15, -0.1) is 0 Å². The second kappa shape index (κ2) is 8.38. The molecule has 2 N–H and O–H groups in total. The molecule has 0 unspecified atom stereocenters. The highest BCUT2D eigenvalue weighted by atomic mass is 16.5. The predicted molar refractivity (Wildman–Crippen MR) is 84.9 cm³/mol. The quantitative estimate of drug-likeness (QED) is 0.795. The highest BCUT2D eigenvalue weighted by Gasteiger charge is 2.18. The third kappa shape index (κ3) is 5.04. The van der Waals surface area contributed by atoms with Gasteiger partial charge in [0.15, 0.2) is 6.61 Å². The molecule has 1 aromatic carbocycles. The molecular formula is C16H23N3O3. The number of anilines is 1. The molecule has 6 nitrogen and oxygen atoms in total. The van der Waals surface area contributed by atoms with Crippen LogP contribution in [0.15, 0.2) is 24.3 Å². The van der Waals surface area contributed by atoms with Crippen molar-refractivity contribution in [1.29, 1.82) is 0 Å². The molecule has 1 fully saturated rings. The lowest BCUT2D eigenvalue weighted by Gasteiger charge is -2.15. The number of ether oxygens (including phenoxy) is 1. The monoisotopic (exact) mass is 305 g/mol. The number of carbonyl (C=O) groups excluding carboxylic acids is 2. The molecule has 1 aromatic rings. The topological polar surface area (TPSA) is 70.7 Å². The number of carbonyl (C=O) groups is 2. The smallest absolute Gasteiger partial charge is 0.260 e. The Morgan fingerprint density at radius 2 is 2.05 bits per heavy atom. The van der Waals surface area contributed by atoms with Crippen LogP contribution in [0.3, 0.4) is 0 Å². The molecule has 0 saturated carbocycles. The fraction of sp³-hybridized carbons (Fsp3) is 0.500. The van der Waals surface area contributed by atoms with E-state index in [0.29, 0.717) is 24.4 Å². The number of amides is 2. The van der Waals surface area contributed by atoms with Crippen molar-refractivity contribution in [2.45, 2.75) is 19.3 Å². The first kappa shape index (κ1) is 16.3. The van der Waals surface area contributed by atoms with Crippen molar-refractivity contribution < 1.29 is 14.3 Å². The minimum absolute atomic E-state index is 0.0148. The van der Waals surface area contributed by atoms with Crippen molar-refractivity contribution in [1.82, 2.24) is 10.2 Å². The van der Waals surface area contributed by atoms with Crippen LogP contribution in [0.4, 0.5) is 5.69 Å². The van der Waals surface area contributed by atoms with Gasteiger partial charge in [0.1, 0.15) is 5.75 Å². The van der Waals surface area contributed by atoms with Crippen molar-refractivity contribution >= 4 is 17.5 Å². The fourth-order valence-electron chi connectivity index (χ4n) is 2.33. The van der Waals surface area contributed by atoms with Crippen LogP contribution in [-0.2, 0) is 9.59 Å². The maximum absolute atomic E-state index is 11.9. The average molecular weight is 305 g/mol. The summed E-state index contributed by atoms with van der Waals surface area (Å²) in [6.07, 6.45) is 2.55. The van der Waals surface area contributed by atoms with Gasteiger partial charge >= 0.3 is 0 Å². The van der Waals surface area contributed by atoms with E-state index in [4.69, 9.17) is 4.74 Å². The normalized spacial score (nSPS) is 14.0. The van der Waals surface area contributed by atoms with Crippen molar-refractivity contribution in [3.63, 3.8) is 0 Å². The van der Waals surface area contributed by atoms with Crippen LogP contribution in [-0.4, -0.2) is 50.0 Å². The molecule has 0 aliphatic carbocycles. The van der Waals surface area contributed by atoms with E-state index < -0.39 is 0 Å². The number of benzene rings is 1. The Labute approximate surface area is 130 Å². The standard InChI is InChI=1S/C16H23N3O3/c1-17-8-7-15(20)18-13-5-4-6-14(11-13)22-12-16(21)19-9-2-3-10-19/h4-6,11,17H,2-3,7-10,12H2,1H3,(H,18,20). The summed E-state index contributed by atoms with van der Waals surface area (Å²) in [4.78, 5) is 25.4. The van der Waals surface area contributed by atoms with Crippen molar-refractivity contribution in [2.24, 2.45) is 0 Å². The van der Waals surface area contributed by atoms with E-state index in [1.165, 1.54) is 0 Å². The lowest BCUT2D eigenvalue weighted by Crippen LogP contribution is -2.32. The first-order valence-electron chi connectivity index (χ1n) is 7.64. The number of rotatable bonds is 7. The third-order valence-electron chi connectivity index (χ3n) is 3.54. The molecule has 2 rings (SSSR count). The Morgan fingerprint density at radius 1 is 1.27 bits per heavy atom. The van der Waals surface area contributed by atoms with Crippen LogP contribution in [0, 0.1) is 0 Å². The molecule has 2 amide bonds. The molecule has 0 aromatic heterocycles. The first-order chi connectivity index (χ1) is 10.7. The van der Waals surface area contributed by atoms with E-state index in [1.807, 2.05) is 4.90 Å². The van der Waals surface area contributed by atoms with Gasteiger partial charge in [-0.05, 0) is 32.0 Å². The van der Waals surface area contributed by atoms with E-state index in [-0.39, 0.29) is 18.4 Å². The van der Waals surface area contributed by atoms with E-state index in [2.05, 4.69) is 10.6 Å². The number of nitrogens with zero attached hydrogens (tertiary/aromatic N) is 1. The molecule has 22 heavy (non-hydrogen) atoms. The molecule has 6 heteroatoms. The van der Waals surface area contributed by atoms with Gasteiger partial charge in [0.05, 0.1) is 0 Å². The van der Waals surface area contributed by atoms with E-state index >= 15 is 0 Å². The summed E-state index contributed by atoms with van der Waals surface area (Å²) in [5.41, 5.74) is 0.673. The zero-order valence-electron chi connectivity index (χ0n) is 12.9. The second-order valence-electron chi connectivity index (χ2n) is 5.31. The van der Waals surface area contributed by atoms with Crippen LogP contribution in [0.2, 0.25) is 0 Å². The second-order valence-corrected chi connectivity index (χ2v) is 5.31. The summed E-state index contributed by atoms with van der Waals surface area (Å²) in [6.45, 7) is 2.32. The molecule has 1 heterocycles. The molecule has 0 spiro atoms. The molecule has 1 saturated heterocycles.